The van der Waals surface area contributed by atoms with E-state index >= 15 is 0 Å². The summed E-state index contributed by atoms with van der Waals surface area (Å²) in [5.74, 6) is -0.0380. The number of carbonyl (C=O) groups excluding carboxylic acids is 1. The summed E-state index contributed by atoms with van der Waals surface area (Å²) in [4.78, 5) is 27.6. The molecule has 5 nitrogen and oxygen atoms in total. The first kappa shape index (κ1) is 12.3. The predicted molar refractivity (Wildman–Crippen MR) is 76.8 cm³/mol. The Morgan fingerprint density at radius 3 is 2.75 bits per heavy atom. The van der Waals surface area contributed by atoms with Crippen LogP contribution in [-0.4, -0.2) is 10.9 Å². The normalized spacial score (nSPS) is 10.9. The van der Waals surface area contributed by atoms with Crippen LogP contribution < -0.4 is 10.9 Å². The average molecular weight is 268 g/mol. The molecule has 20 heavy (non-hydrogen) atoms. The van der Waals surface area contributed by atoms with E-state index in [9.17, 15) is 9.59 Å². The van der Waals surface area contributed by atoms with Gasteiger partial charge in [-0.2, -0.15) is 0 Å². The number of aryl methyl sites for hydroxylation is 1. The third kappa shape index (κ3) is 1.93. The van der Waals surface area contributed by atoms with Crippen molar-refractivity contribution in [1.29, 1.82) is 0 Å². The van der Waals surface area contributed by atoms with Gasteiger partial charge in [0.15, 0.2) is 0 Å². The second-order valence-electron chi connectivity index (χ2n) is 4.60. The van der Waals surface area contributed by atoms with Gasteiger partial charge in [0, 0.05) is 23.4 Å². The molecule has 0 saturated carbocycles. The van der Waals surface area contributed by atoms with E-state index in [4.69, 9.17) is 4.42 Å². The predicted octanol–water partition coefficient (Wildman–Crippen LogP) is 2.61. The second kappa shape index (κ2) is 4.45. The van der Waals surface area contributed by atoms with Gasteiger partial charge in [-0.3, -0.25) is 4.79 Å². The topological polar surface area (TPSA) is 72.2 Å². The lowest BCUT2D eigenvalue weighted by atomic mass is 10.1. The molecule has 2 aromatic heterocycles. The van der Waals surface area contributed by atoms with E-state index in [2.05, 4.69) is 10.3 Å². The minimum Gasteiger partial charge on any atom is -0.422 e. The van der Waals surface area contributed by atoms with Gasteiger partial charge in [0.2, 0.25) is 5.91 Å². The first-order valence-electron chi connectivity index (χ1n) is 6.17. The van der Waals surface area contributed by atoms with Crippen molar-refractivity contribution < 1.29 is 9.21 Å². The van der Waals surface area contributed by atoms with Gasteiger partial charge in [0.1, 0.15) is 16.8 Å². The Morgan fingerprint density at radius 2 is 2.00 bits per heavy atom. The Labute approximate surface area is 114 Å². The average Bonchev–Trinajstić information content (AvgIpc) is 2.37. The summed E-state index contributed by atoms with van der Waals surface area (Å²) in [5, 5.41) is 4.43. The van der Waals surface area contributed by atoms with Crippen molar-refractivity contribution >= 4 is 33.5 Å². The molecule has 1 amide bonds. The summed E-state index contributed by atoms with van der Waals surface area (Å²) < 4.78 is 5.29. The fraction of sp³-hybridized carbons (Fsp3) is 0.133. The van der Waals surface area contributed by atoms with Crippen molar-refractivity contribution in [3.05, 3.63) is 46.4 Å². The van der Waals surface area contributed by atoms with Gasteiger partial charge in [0.05, 0.1) is 0 Å². The molecule has 0 aliphatic rings. The lowest BCUT2D eigenvalue weighted by molar-refractivity contribution is -0.114. The van der Waals surface area contributed by atoms with Crippen molar-refractivity contribution in [2.24, 2.45) is 0 Å². The van der Waals surface area contributed by atoms with Crippen LogP contribution in [0.3, 0.4) is 0 Å². The maximum absolute atomic E-state index is 12.1. The Bertz CT molecular complexity index is 897. The number of pyridine rings is 1. The number of nitrogens with zero attached hydrogens (tertiary/aromatic N) is 1. The molecule has 0 unspecified atom stereocenters. The van der Waals surface area contributed by atoms with Gasteiger partial charge in [-0.25, -0.2) is 9.78 Å². The summed E-state index contributed by atoms with van der Waals surface area (Å²) in [7, 11) is 0. The molecular formula is C15H12N2O3. The van der Waals surface area contributed by atoms with Crippen LogP contribution in [0.1, 0.15) is 12.6 Å². The number of benzene rings is 1. The third-order valence-corrected chi connectivity index (χ3v) is 3.03. The molecule has 5 heteroatoms. The van der Waals surface area contributed by atoms with Gasteiger partial charge in [-0.15, -0.1) is 0 Å². The molecule has 0 saturated heterocycles. The molecule has 3 aromatic rings. The highest BCUT2D eigenvalue weighted by molar-refractivity contribution is 6.09. The smallest absolute Gasteiger partial charge is 0.347 e. The highest BCUT2D eigenvalue weighted by Gasteiger charge is 2.14. The van der Waals surface area contributed by atoms with Gasteiger partial charge < -0.3 is 9.73 Å². The molecule has 1 N–H and O–H groups in total. The molecule has 0 spiro atoms. The number of aromatic nitrogens is 1. The van der Waals surface area contributed by atoms with E-state index in [0.29, 0.717) is 11.0 Å². The fourth-order valence-electron chi connectivity index (χ4n) is 2.28. The standard InChI is InChI=1S/C15H12N2O3/c1-8-7-11-10-5-3-4-6-12(10)20-15(19)13(11)14(16-8)17-9(2)18/h3-7H,1-2H3,(H,16,17,18). The number of hydrogen-bond acceptors (Lipinski definition) is 4. The van der Waals surface area contributed by atoms with E-state index in [1.165, 1.54) is 6.92 Å². The highest BCUT2D eigenvalue weighted by atomic mass is 16.4. The van der Waals surface area contributed by atoms with Crippen LogP contribution >= 0.6 is 0 Å². The summed E-state index contributed by atoms with van der Waals surface area (Å²) >= 11 is 0. The molecule has 100 valence electrons. The molecule has 2 heterocycles. The molecule has 0 aliphatic carbocycles. The van der Waals surface area contributed by atoms with E-state index in [-0.39, 0.29) is 11.7 Å². The Kier molecular flexibility index (Phi) is 2.75. The number of fused-ring (bicyclic) bond motifs is 3. The van der Waals surface area contributed by atoms with Gasteiger partial charge in [-0.1, -0.05) is 18.2 Å². The largest absolute Gasteiger partial charge is 0.422 e. The summed E-state index contributed by atoms with van der Waals surface area (Å²) in [6, 6.07) is 9.11. The van der Waals surface area contributed by atoms with Crippen LogP contribution in [0.5, 0.6) is 0 Å². The first-order chi connectivity index (χ1) is 9.56. The number of rotatable bonds is 1. The number of hydrogen-bond donors (Lipinski definition) is 1. The molecule has 0 atom stereocenters. The lowest BCUT2D eigenvalue weighted by Crippen LogP contribution is -2.12. The van der Waals surface area contributed by atoms with Crippen LogP contribution in [0.2, 0.25) is 0 Å². The van der Waals surface area contributed by atoms with Crippen LogP contribution in [0.15, 0.2) is 39.5 Å². The van der Waals surface area contributed by atoms with Crippen molar-refractivity contribution in [3.8, 4) is 0 Å². The third-order valence-electron chi connectivity index (χ3n) is 3.03. The van der Waals surface area contributed by atoms with Crippen LogP contribution in [0.4, 0.5) is 5.82 Å². The molecule has 0 fully saturated rings. The highest BCUT2D eigenvalue weighted by Crippen LogP contribution is 2.27. The summed E-state index contributed by atoms with van der Waals surface area (Å²) in [6.45, 7) is 3.19. The maximum atomic E-state index is 12.1. The number of nitrogens with one attached hydrogen (secondary N) is 1. The molecule has 0 aliphatic heterocycles. The molecule has 0 bridgehead atoms. The van der Waals surface area contributed by atoms with E-state index < -0.39 is 5.63 Å². The maximum Gasteiger partial charge on any atom is 0.347 e. The fourth-order valence-corrected chi connectivity index (χ4v) is 2.28. The number of amides is 1. The van der Waals surface area contributed by atoms with Crippen molar-refractivity contribution in [1.82, 2.24) is 4.98 Å². The quantitative estimate of drug-likeness (QED) is 0.544. The molecule has 0 radical (unpaired) electrons. The van der Waals surface area contributed by atoms with Gasteiger partial charge in [0.25, 0.3) is 0 Å². The number of carbonyl (C=O) groups is 1. The Morgan fingerprint density at radius 1 is 1.25 bits per heavy atom. The molecule has 1 aromatic carbocycles. The number of anilines is 1. The number of para-hydroxylation sites is 1. The monoisotopic (exact) mass is 268 g/mol. The Hall–Kier alpha value is -2.69. The van der Waals surface area contributed by atoms with Gasteiger partial charge >= 0.3 is 5.63 Å². The van der Waals surface area contributed by atoms with Crippen molar-refractivity contribution in [2.45, 2.75) is 13.8 Å². The zero-order valence-electron chi connectivity index (χ0n) is 11.1. The second-order valence-corrected chi connectivity index (χ2v) is 4.60. The minimum atomic E-state index is -0.505. The zero-order chi connectivity index (χ0) is 14.3. The Balaban J connectivity index is 2.51. The summed E-state index contributed by atoms with van der Waals surface area (Å²) in [6.07, 6.45) is 0. The van der Waals surface area contributed by atoms with E-state index in [1.54, 1.807) is 12.1 Å². The first-order valence-corrected chi connectivity index (χ1v) is 6.17. The van der Waals surface area contributed by atoms with E-state index in [1.807, 2.05) is 25.1 Å². The minimum absolute atomic E-state index is 0.243. The SMILES string of the molecule is CC(=O)Nc1nc(C)cc2c1c(=O)oc1ccccc12. The van der Waals surface area contributed by atoms with Crippen LogP contribution in [-0.2, 0) is 4.79 Å². The van der Waals surface area contributed by atoms with Crippen molar-refractivity contribution in [3.63, 3.8) is 0 Å². The molecular weight excluding hydrogens is 256 g/mol. The summed E-state index contributed by atoms with van der Waals surface area (Å²) in [5.41, 5.74) is 0.733. The van der Waals surface area contributed by atoms with Crippen LogP contribution in [0, 0.1) is 6.92 Å². The lowest BCUT2D eigenvalue weighted by Gasteiger charge is -2.08. The van der Waals surface area contributed by atoms with E-state index in [0.717, 1.165) is 16.5 Å². The van der Waals surface area contributed by atoms with Gasteiger partial charge in [-0.05, 0) is 19.1 Å². The molecule has 3 rings (SSSR count). The zero-order valence-corrected chi connectivity index (χ0v) is 11.1. The van der Waals surface area contributed by atoms with Crippen molar-refractivity contribution in [2.75, 3.05) is 5.32 Å². The van der Waals surface area contributed by atoms with Crippen LogP contribution in [0.25, 0.3) is 21.7 Å².